The third-order valence-corrected chi connectivity index (χ3v) is 4.12. The Kier molecular flexibility index (Phi) is 5.39. The second-order valence-electron chi connectivity index (χ2n) is 7.42. The van der Waals surface area contributed by atoms with Crippen molar-refractivity contribution in [2.45, 2.75) is 45.4 Å². The van der Waals surface area contributed by atoms with Gasteiger partial charge in [0.2, 0.25) is 0 Å². The third kappa shape index (κ3) is 4.71. The van der Waals surface area contributed by atoms with Gasteiger partial charge in [-0.3, -0.25) is 9.32 Å². The van der Waals surface area contributed by atoms with Gasteiger partial charge in [-0.2, -0.15) is 4.98 Å². The number of amides is 1. The van der Waals surface area contributed by atoms with Crippen molar-refractivity contribution in [3.63, 3.8) is 0 Å². The number of pyridine rings is 1. The van der Waals surface area contributed by atoms with Crippen molar-refractivity contribution in [1.82, 2.24) is 15.1 Å². The zero-order chi connectivity index (χ0) is 18.6. The van der Waals surface area contributed by atoms with Gasteiger partial charge in [0.25, 0.3) is 5.91 Å². The molecule has 3 rings (SSSR count). The number of anilines is 2. The summed E-state index contributed by atoms with van der Waals surface area (Å²) >= 11 is 0. The number of nitrogens with zero attached hydrogens (tertiary/aromatic N) is 4. The van der Waals surface area contributed by atoms with E-state index in [1.165, 1.54) is 19.3 Å². The van der Waals surface area contributed by atoms with Crippen LogP contribution in [-0.2, 0) is 10.2 Å². The predicted octanol–water partition coefficient (Wildman–Crippen LogP) is 2.77. The van der Waals surface area contributed by atoms with Crippen LogP contribution in [0, 0.1) is 0 Å². The predicted molar refractivity (Wildman–Crippen MR) is 97.4 cm³/mol. The lowest BCUT2D eigenvalue weighted by Gasteiger charge is -2.27. The van der Waals surface area contributed by atoms with Gasteiger partial charge in [-0.05, 0) is 31.4 Å². The molecule has 8 heteroatoms. The first-order valence-electron chi connectivity index (χ1n) is 8.90. The van der Waals surface area contributed by atoms with E-state index in [2.05, 4.69) is 25.3 Å². The lowest BCUT2D eigenvalue weighted by molar-refractivity contribution is -0.118. The highest BCUT2D eigenvalue weighted by molar-refractivity contribution is 5.91. The lowest BCUT2D eigenvalue weighted by Crippen LogP contribution is -2.30. The molecule has 1 aliphatic heterocycles. The van der Waals surface area contributed by atoms with E-state index in [1.807, 2.05) is 32.9 Å². The molecule has 2 aromatic heterocycles. The van der Waals surface area contributed by atoms with Gasteiger partial charge in [0.1, 0.15) is 5.82 Å². The summed E-state index contributed by atoms with van der Waals surface area (Å²) in [6, 6.07) is 3.77. The highest BCUT2D eigenvalue weighted by Crippen LogP contribution is 2.21. The van der Waals surface area contributed by atoms with E-state index >= 15 is 0 Å². The van der Waals surface area contributed by atoms with Crippen molar-refractivity contribution < 1.29 is 14.1 Å². The zero-order valence-corrected chi connectivity index (χ0v) is 15.5. The van der Waals surface area contributed by atoms with E-state index in [9.17, 15) is 4.79 Å². The Bertz CT molecular complexity index is 730. The summed E-state index contributed by atoms with van der Waals surface area (Å²) in [6.45, 7) is 7.76. The fourth-order valence-corrected chi connectivity index (χ4v) is 2.67. The molecule has 1 saturated heterocycles. The van der Waals surface area contributed by atoms with Crippen LogP contribution in [0.3, 0.4) is 0 Å². The van der Waals surface area contributed by atoms with Crippen molar-refractivity contribution in [1.29, 1.82) is 0 Å². The molecular formula is C18H25N5O3. The number of ether oxygens (including phenoxy) is 1. The minimum Gasteiger partial charge on any atom is -0.439 e. The molecule has 26 heavy (non-hydrogen) atoms. The van der Waals surface area contributed by atoms with Crippen LogP contribution in [0.5, 0.6) is 6.08 Å². The number of hydrogen-bond acceptors (Lipinski definition) is 7. The van der Waals surface area contributed by atoms with Crippen LogP contribution in [-0.4, -0.2) is 40.7 Å². The van der Waals surface area contributed by atoms with Crippen molar-refractivity contribution in [3.8, 4) is 6.08 Å². The van der Waals surface area contributed by atoms with Crippen LogP contribution in [0.25, 0.3) is 0 Å². The maximum Gasteiger partial charge on any atom is 0.417 e. The van der Waals surface area contributed by atoms with Crippen molar-refractivity contribution in [3.05, 3.63) is 24.2 Å². The number of hydrogen-bond donors (Lipinski definition) is 1. The summed E-state index contributed by atoms with van der Waals surface area (Å²) in [4.78, 5) is 22.8. The van der Waals surface area contributed by atoms with Crippen LogP contribution in [0.1, 0.15) is 45.9 Å². The van der Waals surface area contributed by atoms with Gasteiger partial charge in [-0.25, -0.2) is 4.98 Å². The highest BCUT2D eigenvalue weighted by atomic mass is 16.6. The Labute approximate surface area is 152 Å². The standard InChI is InChI=1S/C18H25N5O3/c1-18(2,3)16-21-17(26-22-16)25-12-15(24)20-13-7-8-14(19-11-13)23-9-5-4-6-10-23/h7-8,11H,4-6,9-10,12H2,1-3H3,(H,20,24). The molecule has 0 radical (unpaired) electrons. The Hall–Kier alpha value is -2.64. The van der Waals surface area contributed by atoms with E-state index in [4.69, 9.17) is 9.26 Å². The number of carbonyl (C=O) groups is 1. The number of rotatable bonds is 5. The molecule has 0 unspecified atom stereocenters. The lowest BCUT2D eigenvalue weighted by atomic mass is 9.96. The maximum atomic E-state index is 12.0. The fraction of sp³-hybridized carbons (Fsp3) is 0.556. The van der Waals surface area contributed by atoms with E-state index in [1.54, 1.807) is 6.20 Å². The van der Waals surface area contributed by atoms with Gasteiger partial charge in [-0.1, -0.05) is 25.9 Å². The van der Waals surface area contributed by atoms with Crippen LogP contribution >= 0.6 is 0 Å². The van der Waals surface area contributed by atoms with Gasteiger partial charge < -0.3 is 15.0 Å². The zero-order valence-electron chi connectivity index (χ0n) is 15.5. The summed E-state index contributed by atoms with van der Waals surface area (Å²) in [5.41, 5.74) is 0.384. The largest absolute Gasteiger partial charge is 0.439 e. The Balaban J connectivity index is 1.49. The van der Waals surface area contributed by atoms with Gasteiger partial charge in [0.15, 0.2) is 12.4 Å². The number of carbonyl (C=O) groups excluding carboxylic acids is 1. The molecule has 1 fully saturated rings. The average molecular weight is 359 g/mol. The third-order valence-electron chi connectivity index (χ3n) is 4.12. The first kappa shape index (κ1) is 18.2. The van der Waals surface area contributed by atoms with E-state index in [0.717, 1.165) is 18.9 Å². The summed E-state index contributed by atoms with van der Waals surface area (Å²) in [7, 11) is 0. The second kappa shape index (κ2) is 7.72. The van der Waals surface area contributed by atoms with Gasteiger partial charge in [-0.15, -0.1) is 0 Å². The van der Waals surface area contributed by atoms with Crippen molar-refractivity contribution >= 4 is 17.4 Å². The number of nitrogens with one attached hydrogen (secondary N) is 1. The van der Waals surface area contributed by atoms with Crippen LogP contribution in [0.2, 0.25) is 0 Å². The second-order valence-corrected chi connectivity index (χ2v) is 7.42. The van der Waals surface area contributed by atoms with Crippen LogP contribution in [0.4, 0.5) is 11.5 Å². The number of aromatic nitrogens is 3. The molecule has 1 aliphatic rings. The average Bonchev–Trinajstić information content (AvgIpc) is 3.11. The van der Waals surface area contributed by atoms with Gasteiger partial charge in [0, 0.05) is 18.5 Å². The molecule has 0 atom stereocenters. The van der Waals surface area contributed by atoms with Gasteiger partial charge in [0.05, 0.1) is 11.9 Å². The first-order valence-corrected chi connectivity index (χ1v) is 8.90. The van der Waals surface area contributed by atoms with E-state index < -0.39 is 0 Å². The molecule has 1 N–H and O–H groups in total. The maximum absolute atomic E-state index is 12.0. The molecule has 0 aliphatic carbocycles. The SMILES string of the molecule is CC(C)(C)c1noc(OCC(=O)Nc2ccc(N3CCCCC3)nc2)n1. The van der Waals surface area contributed by atoms with Gasteiger partial charge >= 0.3 is 6.08 Å². The van der Waals surface area contributed by atoms with E-state index in [-0.39, 0.29) is 24.0 Å². The Morgan fingerprint density at radius 3 is 2.65 bits per heavy atom. The van der Waals surface area contributed by atoms with Crippen molar-refractivity contribution in [2.75, 3.05) is 29.9 Å². The van der Waals surface area contributed by atoms with E-state index in [0.29, 0.717) is 11.5 Å². The molecule has 2 aromatic rings. The minimum atomic E-state index is -0.312. The van der Waals surface area contributed by atoms with Crippen LogP contribution < -0.4 is 15.0 Å². The van der Waals surface area contributed by atoms with Crippen molar-refractivity contribution in [2.24, 2.45) is 0 Å². The molecular weight excluding hydrogens is 334 g/mol. The highest BCUT2D eigenvalue weighted by Gasteiger charge is 2.22. The quantitative estimate of drug-likeness (QED) is 0.877. The topological polar surface area (TPSA) is 93.4 Å². The molecule has 140 valence electrons. The summed E-state index contributed by atoms with van der Waals surface area (Å²) in [5, 5.41) is 6.59. The monoisotopic (exact) mass is 359 g/mol. The molecule has 0 saturated carbocycles. The molecule has 1 amide bonds. The smallest absolute Gasteiger partial charge is 0.417 e. The fourth-order valence-electron chi connectivity index (χ4n) is 2.67. The molecule has 0 aromatic carbocycles. The summed E-state index contributed by atoms with van der Waals surface area (Å²) in [6.07, 6.45) is 5.33. The molecule has 0 spiro atoms. The summed E-state index contributed by atoms with van der Waals surface area (Å²) in [5.74, 6) is 1.16. The molecule has 8 nitrogen and oxygen atoms in total. The van der Waals surface area contributed by atoms with Crippen LogP contribution in [0.15, 0.2) is 22.9 Å². The molecule has 0 bridgehead atoms. The minimum absolute atomic E-state index is 0.0105. The Morgan fingerprint density at radius 1 is 1.27 bits per heavy atom. The Morgan fingerprint density at radius 2 is 2.04 bits per heavy atom. The molecule has 3 heterocycles. The first-order chi connectivity index (χ1) is 12.4. The number of piperidine rings is 1. The normalized spacial score (nSPS) is 15.0. The summed E-state index contributed by atoms with van der Waals surface area (Å²) < 4.78 is 10.2.